The van der Waals surface area contributed by atoms with Crippen LogP contribution in [0.5, 0.6) is 5.75 Å². The number of anilines is 1. The van der Waals surface area contributed by atoms with E-state index in [0.29, 0.717) is 28.8 Å². The van der Waals surface area contributed by atoms with Crippen molar-refractivity contribution in [1.82, 2.24) is 4.90 Å². The third-order valence-electron chi connectivity index (χ3n) is 5.71. The Morgan fingerprint density at radius 1 is 1.16 bits per heavy atom. The lowest BCUT2D eigenvalue weighted by Crippen LogP contribution is -2.28. The van der Waals surface area contributed by atoms with E-state index in [9.17, 15) is 9.59 Å². The first-order valence-electron chi connectivity index (χ1n) is 9.12. The van der Waals surface area contributed by atoms with Gasteiger partial charge in [0.25, 0.3) is 5.91 Å². The predicted molar refractivity (Wildman–Crippen MR) is 95.6 cm³/mol. The molecule has 2 amide bonds. The fraction of sp³-hybridized carbons (Fsp3) is 0.500. The molecular formula is C20H24N2O3. The van der Waals surface area contributed by atoms with Crippen LogP contribution in [0, 0.1) is 17.8 Å². The summed E-state index contributed by atoms with van der Waals surface area (Å²) >= 11 is 0. The van der Waals surface area contributed by atoms with Crippen LogP contribution in [0.25, 0.3) is 0 Å². The van der Waals surface area contributed by atoms with Crippen molar-refractivity contribution in [1.29, 1.82) is 0 Å². The molecule has 0 unspecified atom stereocenters. The SMILES string of the molecule is COc1ccc(C(=O)N2CCCC2)cc1NC(=O)[C@H]1C[C@H]2C=C[C@@H]1C2. The average Bonchev–Trinajstić information content (AvgIpc) is 3.38. The monoisotopic (exact) mass is 340 g/mol. The fourth-order valence-electron chi connectivity index (χ4n) is 4.35. The Bertz CT molecular complexity index is 722. The third-order valence-corrected chi connectivity index (χ3v) is 5.71. The first-order chi connectivity index (χ1) is 12.2. The van der Waals surface area contributed by atoms with Gasteiger partial charge in [-0.2, -0.15) is 0 Å². The minimum absolute atomic E-state index is 0.0256. The second-order valence-electron chi connectivity index (χ2n) is 7.29. The molecule has 3 atom stereocenters. The summed E-state index contributed by atoms with van der Waals surface area (Å²) in [6.45, 7) is 1.62. The summed E-state index contributed by atoms with van der Waals surface area (Å²) in [5.41, 5.74) is 1.19. The lowest BCUT2D eigenvalue weighted by atomic mass is 9.92. The number of nitrogens with one attached hydrogen (secondary N) is 1. The minimum Gasteiger partial charge on any atom is -0.495 e. The van der Waals surface area contributed by atoms with Crippen LogP contribution in [0.4, 0.5) is 5.69 Å². The Labute approximate surface area is 148 Å². The molecule has 2 fully saturated rings. The molecule has 1 aromatic rings. The van der Waals surface area contributed by atoms with Crippen LogP contribution in [-0.4, -0.2) is 36.9 Å². The van der Waals surface area contributed by atoms with Crippen molar-refractivity contribution in [3.63, 3.8) is 0 Å². The zero-order chi connectivity index (χ0) is 17.4. The van der Waals surface area contributed by atoms with Crippen LogP contribution >= 0.6 is 0 Å². The number of amides is 2. The molecule has 2 aliphatic carbocycles. The number of likely N-dealkylation sites (tertiary alicyclic amines) is 1. The van der Waals surface area contributed by atoms with E-state index < -0.39 is 0 Å². The molecule has 1 heterocycles. The van der Waals surface area contributed by atoms with Gasteiger partial charge in [-0.25, -0.2) is 0 Å². The lowest BCUT2D eigenvalue weighted by Gasteiger charge is -2.20. The molecule has 1 N–H and O–H groups in total. The third kappa shape index (κ3) is 3.03. The molecule has 25 heavy (non-hydrogen) atoms. The van der Waals surface area contributed by atoms with E-state index in [4.69, 9.17) is 4.74 Å². The Kier molecular flexibility index (Phi) is 4.24. The van der Waals surface area contributed by atoms with Gasteiger partial charge in [0.05, 0.1) is 12.8 Å². The van der Waals surface area contributed by atoms with E-state index in [1.807, 2.05) is 4.90 Å². The summed E-state index contributed by atoms with van der Waals surface area (Å²) in [5, 5.41) is 3.01. The van der Waals surface area contributed by atoms with Crippen LogP contribution in [0.2, 0.25) is 0 Å². The van der Waals surface area contributed by atoms with Crippen molar-refractivity contribution in [3.8, 4) is 5.75 Å². The topological polar surface area (TPSA) is 58.6 Å². The maximum atomic E-state index is 12.7. The predicted octanol–water partition coefficient (Wildman–Crippen LogP) is 3.08. The highest BCUT2D eigenvalue weighted by Gasteiger charge is 2.40. The second kappa shape index (κ2) is 6.54. The van der Waals surface area contributed by atoms with E-state index in [1.165, 1.54) is 0 Å². The van der Waals surface area contributed by atoms with Crippen LogP contribution < -0.4 is 10.1 Å². The zero-order valence-corrected chi connectivity index (χ0v) is 14.5. The normalized spacial score (nSPS) is 26.9. The molecule has 2 bridgehead atoms. The van der Waals surface area contributed by atoms with Gasteiger partial charge in [0.15, 0.2) is 0 Å². The Hall–Kier alpha value is -2.30. The van der Waals surface area contributed by atoms with Gasteiger partial charge in [0.1, 0.15) is 5.75 Å². The number of allylic oxidation sites excluding steroid dienone is 2. The molecule has 0 radical (unpaired) electrons. The number of carbonyl (C=O) groups is 2. The standard InChI is InChI=1S/C20H24N2O3/c1-25-18-7-6-15(20(24)22-8-2-3-9-22)12-17(18)21-19(23)16-11-13-4-5-14(16)10-13/h4-7,12-14,16H,2-3,8-11H2,1H3,(H,21,23)/t13-,14+,16-/m0/s1. The number of ether oxygens (including phenoxy) is 1. The molecule has 1 aromatic carbocycles. The first-order valence-corrected chi connectivity index (χ1v) is 9.12. The maximum absolute atomic E-state index is 12.7. The van der Waals surface area contributed by atoms with Crippen LogP contribution in [0.15, 0.2) is 30.4 Å². The number of fused-ring (bicyclic) bond motifs is 2. The summed E-state index contributed by atoms with van der Waals surface area (Å²) in [6, 6.07) is 5.29. The zero-order valence-electron chi connectivity index (χ0n) is 14.5. The fourth-order valence-corrected chi connectivity index (χ4v) is 4.35. The van der Waals surface area contributed by atoms with Crippen molar-refractivity contribution in [3.05, 3.63) is 35.9 Å². The first kappa shape index (κ1) is 16.2. The van der Waals surface area contributed by atoms with Gasteiger partial charge in [0, 0.05) is 24.6 Å². The lowest BCUT2D eigenvalue weighted by molar-refractivity contribution is -0.120. The molecule has 0 spiro atoms. The van der Waals surface area contributed by atoms with Crippen LogP contribution in [0.1, 0.15) is 36.0 Å². The van der Waals surface area contributed by atoms with Crippen molar-refractivity contribution in [2.45, 2.75) is 25.7 Å². The molecular weight excluding hydrogens is 316 g/mol. The highest BCUT2D eigenvalue weighted by molar-refractivity contribution is 5.99. The highest BCUT2D eigenvalue weighted by atomic mass is 16.5. The largest absolute Gasteiger partial charge is 0.495 e. The van der Waals surface area contributed by atoms with Crippen molar-refractivity contribution in [2.75, 3.05) is 25.5 Å². The smallest absolute Gasteiger partial charge is 0.253 e. The molecule has 4 rings (SSSR count). The van der Waals surface area contributed by atoms with Gasteiger partial charge < -0.3 is 15.0 Å². The van der Waals surface area contributed by atoms with Crippen molar-refractivity contribution < 1.29 is 14.3 Å². The molecule has 1 saturated heterocycles. The number of hydrogen-bond acceptors (Lipinski definition) is 3. The quantitative estimate of drug-likeness (QED) is 0.857. The number of nitrogens with zero attached hydrogens (tertiary/aromatic N) is 1. The summed E-state index contributed by atoms with van der Waals surface area (Å²) in [7, 11) is 1.58. The molecule has 3 aliphatic rings. The highest BCUT2D eigenvalue weighted by Crippen LogP contribution is 2.44. The molecule has 132 valence electrons. The van der Waals surface area contributed by atoms with Gasteiger partial charge >= 0.3 is 0 Å². The van der Waals surface area contributed by atoms with E-state index in [2.05, 4.69) is 17.5 Å². The number of methoxy groups -OCH3 is 1. The molecule has 1 saturated carbocycles. The van der Waals surface area contributed by atoms with Crippen LogP contribution in [-0.2, 0) is 4.79 Å². The molecule has 5 heteroatoms. The maximum Gasteiger partial charge on any atom is 0.253 e. The number of rotatable bonds is 4. The van der Waals surface area contributed by atoms with Gasteiger partial charge in [-0.15, -0.1) is 0 Å². The van der Waals surface area contributed by atoms with Gasteiger partial charge in [-0.05, 0) is 55.7 Å². The van der Waals surface area contributed by atoms with Gasteiger partial charge in [0.2, 0.25) is 5.91 Å². The van der Waals surface area contributed by atoms with Crippen LogP contribution in [0.3, 0.4) is 0 Å². The summed E-state index contributed by atoms with van der Waals surface area (Å²) in [5.74, 6) is 1.57. The molecule has 0 aromatic heterocycles. The summed E-state index contributed by atoms with van der Waals surface area (Å²) in [4.78, 5) is 27.2. The minimum atomic E-state index is 0.0256. The average molecular weight is 340 g/mol. The molecule has 5 nitrogen and oxygen atoms in total. The summed E-state index contributed by atoms with van der Waals surface area (Å²) in [6.07, 6.45) is 8.52. The number of benzene rings is 1. The number of carbonyl (C=O) groups excluding carboxylic acids is 2. The Morgan fingerprint density at radius 2 is 1.96 bits per heavy atom. The molecule has 1 aliphatic heterocycles. The van der Waals surface area contributed by atoms with Gasteiger partial charge in [-0.1, -0.05) is 12.2 Å². The van der Waals surface area contributed by atoms with E-state index in [0.717, 1.165) is 38.8 Å². The van der Waals surface area contributed by atoms with E-state index in [-0.39, 0.29) is 17.7 Å². The van der Waals surface area contributed by atoms with E-state index in [1.54, 1.807) is 25.3 Å². The number of hydrogen-bond donors (Lipinski definition) is 1. The van der Waals surface area contributed by atoms with E-state index >= 15 is 0 Å². The van der Waals surface area contributed by atoms with Gasteiger partial charge in [-0.3, -0.25) is 9.59 Å². The summed E-state index contributed by atoms with van der Waals surface area (Å²) < 4.78 is 5.38. The Balaban J connectivity index is 1.53. The second-order valence-corrected chi connectivity index (χ2v) is 7.29. The Morgan fingerprint density at radius 3 is 2.60 bits per heavy atom. The van der Waals surface area contributed by atoms with Crippen molar-refractivity contribution in [2.24, 2.45) is 17.8 Å². The van der Waals surface area contributed by atoms with Crippen molar-refractivity contribution >= 4 is 17.5 Å².